The Morgan fingerprint density at radius 3 is 2.68 bits per heavy atom. The molecule has 2 amide bonds. The van der Waals surface area contributed by atoms with Gasteiger partial charge in [0.2, 0.25) is 11.8 Å². The van der Waals surface area contributed by atoms with Gasteiger partial charge in [-0.1, -0.05) is 19.9 Å². The SMILES string of the molecule is CC(C)(C[CH]C(=O)N1CCC2C1C(=O)CN2S(=O)(=O)c1ccccn1)C(N)=O. The third kappa shape index (κ3) is 3.53. The molecule has 2 unspecified atom stereocenters. The summed E-state index contributed by atoms with van der Waals surface area (Å²) in [4.78, 5) is 41.9. The van der Waals surface area contributed by atoms with Crippen LogP contribution < -0.4 is 5.73 Å². The van der Waals surface area contributed by atoms with Gasteiger partial charge in [0.1, 0.15) is 6.04 Å². The van der Waals surface area contributed by atoms with Crippen molar-refractivity contribution in [1.29, 1.82) is 0 Å². The molecule has 0 aliphatic carbocycles. The number of Topliss-reactive ketones (excluding diaryl/α,β-unsaturated/α-hetero) is 1. The van der Waals surface area contributed by atoms with Gasteiger partial charge in [0.05, 0.1) is 19.0 Å². The zero-order valence-corrected chi connectivity index (χ0v) is 16.6. The quantitative estimate of drug-likeness (QED) is 0.691. The maximum Gasteiger partial charge on any atom is 0.261 e. The third-order valence-electron chi connectivity index (χ3n) is 5.33. The van der Waals surface area contributed by atoms with Gasteiger partial charge in [-0.25, -0.2) is 13.4 Å². The van der Waals surface area contributed by atoms with Crippen LogP contribution in [0.15, 0.2) is 29.4 Å². The molecule has 3 rings (SSSR count). The zero-order chi connectivity index (χ0) is 20.7. The van der Waals surface area contributed by atoms with Crippen LogP contribution in [0.2, 0.25) is 0 Å². The number of rotatable bonds is 6. The van der Waals surface area contributed by atoms with E-state index in [-0.39, 0.29) is 30.3 Å². The van der Waals surface area contributed by atoms with Crippen LogP contribution in [0.4, 0.5) is 0 Å². The number of pyridine rings is 1. The fourth-order valence-corrected chi connectivity index (χ4v) is 5.08. The van der Waals surface area contributed by atoms with E-state index in [1.807, 2.05) is 0 Å². The predicted octanol–water partition coefficient (Wildman–Crippen LogP) is -0.270. The molecule has 0 spiro atoms. The van der Waals surface area contributed by atoms with Gasteiger partial charge in [0.25, 0.3) is 10.0 Å². The number of nitrogens with zero attached hydrogens (tertiary/aromatic N) is 3. The first kappa shape index (κ1) is 20.4. The van der Waals surface area contributed by atoms with E-state index in [1.165, 1.54) is 23.6 Å². The number of likely N-dealkylation sites (tertiary alicyclic amines) is 1. The normalized spacial score (nSPS) is 23.1. The van der Waals surface area contributed by atoms with Gasteiger partial charge in [-0.05, 0) is 25.0 Å². The number of ketones is 1. The zero-order valence-electron chi connectivity index (χ0n) is 15.7. The van der Waals surface area contributed by atoms with Crippen molar-refractivity contribution in [3.63, 3.8) is 0 Å². The molecule has 28 heavy (non-hydrogen) atoms. The first-order valence-corrected chi connectivity index (χ1v) is 10.4. The Bertz CT molecular complexity index is 900. The average Bonchev–Trinajstić information content (AvgIpc) is 3.22. The van der Waals surface area contributed by atoms with Gasteiger partial charge in [0.15, 0.2) is 10.8 Å². The predicted molar refractivity (Wildman–Crippen MR) is 98.9 cm³/mol. The Hall–Kier alpha value is -2.33. The summed E-state index contributed by atoms with van der Waals surface area (Å²) in [5, 5.41) is -0.122. The van der Waals surface area contributed by atoms with E-state index in [0.29, 0.717) is 6.42 Å². The first-order valence-electron chi connectivity index (χ1n) is 8.95. The number of hydrogen-bond donors (Lipinski definition) is 1. The minimum Gasteiger partial charge on any atom is -0.369 e. The molecule has 151 valence electrons. The Morgan fingerprint density at radius 2 is 2.07 bits per heavy atom. The van der Waals surface area contributed by atoms with Crippen LogP contribution in [0, 0.1) is 11.8 Å². The van der Waals surface area contributed by atoms with E-state index in [9.17, 15) is 22.8 Å². The van der Waals surface area contributed by atoms with Crippen molar-refractivity contribution in [1.82, 2.24) is 14.2 Å². The fourth-order valence-electron chi connectivity index (χ4n) is 3.52. The molecule has 0 aromatic carbocycles. The number of aromatic nitrogens is 1. The summed E-state index contributed by atoms with van der Waals surface area (Å²) >= 11 is 0. The van der Waals surface area contributed by atoms with E-state index in [0.717, 1.165) is 4.31 Å². The van der Waals surface area contributed by atoms with Crippen molar-refractivity contribution in [2.24, 2.45) is 11.1 Å². The standard InChI is InChI=1S/C18H23N4O5S/c1-18(2,17(19)25)8-6-15(24)21-10-7-12-16(21)13(23)11-22(12)28(26,27)14-5-3-4-9-20-14/h3-6,9,12,16H,7-8,10-11H2,1-2H3,(H2,19,25). The highest BCUT2D eigenvalue weighted by molar-refractivity contribution is 7.89. The van der Waals surface area contributed by atoms with Gasteiger partial charge >= 0.3 is 0 Å². The first-order chi connectivity index (χ1) is 13.1. The minimum atomic E-state index is -3.93. The minimum absolute atomic E-state index is 0.122. The molecular formula is C18H23N4O5S. The molecule has 2 saturated heterocycles. The Morgan fingerprint density at radius 1 is 1.36 bits per heavy atom. The van der Waals surface area contributed by atoms with Crippen LogP contribution in [0.5, 0.6) is 0 Å². The van der Waals surface area contributed by atoms with E-state index in [1.54, 1.807) is 26.0 Å². The van der Waals surface area contributed by atoms with Gasteiger partial charge in [-0.2, -0.15) is 4.31 Å². The number of sulfonamides is 1. The second-order valence-corrected chi connectivity index (χ2v) is 9.51. The van der Waals surface area contributed by atoms with E-state index in [4.69, 9.17) is 5.73 Å². The number of carbonyl (C=O) groups is 3. The number of nitrogens with two attached hydrogens (primary N) is 1. The van der Waals surface area contributed by atoms with Crippen molar-refractivity contribution >= 4 is 27.6 Å². The molecule has 10 heteroatoms. The number of amides is 2. The maximum atomic E-state index is 12.9. The topological polar surface area (TPSA) is 131 Å². The van der Waals surface area contributed by atoms with Gasteiger partial charge < -0.3 is 10.6 Å². The Balaban J connectivity index is 1.75. The number of primary amides is 1. The lowest BCUT2D eigenvalue weighted by atomic mass is 9.87. The summed E-state index contributed by atoms with van der Waals surface area (Å²) in [7, 11) is -3.93. The lowest BCUT2D eigenvalue weighted by Crippen LogP contribution is -2.44. The van der Waals surface area contributed by atoms with Crippen LogP contribution in [0.1, 0.15) is 26.7 Å². The molecular weight excluding hydrogens is 384 g/mol. The lowest BCUT2D eigenvalue weighted by Gasteiger charge is -2.25. The summed E-state index contributed by atoms with van der Waals surface area (Å²) in [5.41, 5.74) is 4.44. The van der Waals surface area contributed by atoms with Crippen LogP contribution in [-0.2, 0) is 24.4 Å². The van der Waals surface area contributed by atoms with E-state index >= 15 is 0 Å². The molecule has 2 N–H and O–H groups in total. The van der Waals surface area contributed by atoms with Crippen molar-refractivity contribution in [2.45, 2.75) is 43.8 Å². The van der Waals surface area contributed by atoms with Gasteiger partial charge in [0, 0.05) is 18.2 Å². The van der Waals surface area contributed by atoms with Crippen LogP contribution in [-0.4, -0.2) is 65.4 Å². The van der Waals surface area contributed by atoms with Gasteiger partial charge in [-0.3, -0.25) is 14.4 Å². The summed E-state index contributed by atoms with van der Waals surface area (Å²) in [6, 6.07) is 3.12. The van der Waals surface area contributed by atoms with Crippen LogP contribution >= 0.6 is 0 Å². The lowest BCUT2D eigenvalue weighted by molar-refractivity contribution is -0.134. The molecule has 1 aromatic rings. The highest BCUT2D eigenvalue weighted by Gasteiger charge is 2.53. The van der Waals surface area contributed by atoms with Gasteiger partial charge in [-0.15, -0.1) is 0 Å². The summed E-state index contributed by atoms with van der Waals surface area (Å²) in [6.45, 7) is 3.24. The molecule has 2 aliphatic rings. The maximum absolute atomic E-state index is 12.9. The van der Waals surface area contributed by atoms with Crippen LogP contribution in [0.25, 0.3) is 0 Å². The molecule has 1 aromatic heterocycles. The number of hydrogen-bond acceptors (Lipinski definition) is 6. The summed E-state index contributed by atoms with van der Waals surface area (Å²) < 4.78 is 26.9. The molecule has 0 saturated carbocycles. The molecule has 0 bridgehead atoms. The highest BCUT2D eigenvalue weighted by atomic mass is 32.2. The average molecular weight is 407 g/mol. The highest BCUT2D eigenvalue weighted by Crippen LogP contribution is 2.34. The smallest absolute Gasteiger partial charge is 0.261 e. The molecule has 1 radical (unpaired) electrons. The second kappa shape index (κ2) is 7.25. The van der Waals surface area contributed by atoms with Crippen molar-refractivity contribution < 1.29 is 22.8 Å². The monoisotopic (exact) mass is 407 g/mol. The largest absolute Gasteiger partial charge is 0.369 e. The Labute approximate surface area is 163 Å². The summed E-state index contributed by atoms with van der Waals surface area (Å²) in [6.07, 6.45) is 3.22. The fraction of sp³-hybridized carbons (Fsp3) is 0.500. The molecule has 2 fully saturated rings. The van der Waals surface area contributed by atoms with E-state index in [2.05, 4.69) is 4.98 Å². The van der Waals surface area contributed by atoms with Crippen molar-refractivity contribution in [3.8, 4) is 0 Å². The molecule has 2 atom stereocenters. The molecule has 3 heterocycles. The second-order valence-electron chi connectivity index (χ2n) is 7.67. The summed E-state index contributed by atoms with van der Waals surface area (Å²) in [5.74, 6) is -1.24. The Kier molecular flexibility index (Phi) is 5.28. The molecule has 2 aliphatic heterocycles. The van der Waals surface area contributed by atoms with Crippen LogP contribution in [0.3, 0.4) is 0 Å². The number of fused-ring (bicyclic) bond motifs is 1. The van der Waals surface area contributed by atoms with Crippen molar-refractivity contribution in [3.05, 3.63) is 30.8 Å². The number of carbonyl (C=O) groups excluding carboxylic acids is 3. The van der Waals surface area contributed by atoms with E-state index < -0.39 is 39.3 Å². The van der Waals surface area contributed by atoms with Crippen molar-refractivity contribution in [2.75, 3.05) is 13.1 Å². The third-order valence-corrected chi connectivity index (χ3v) is 7.11. The molecule has 9 nitrogen and oxygen atoms in total.